The van der Waals surface area contributed by atoms with E-state index in [0.717, 1.165) is 24.5 Å². The average Bonchev–Trinajstić information content (AvgIpc) is 2.68. The molecule has 1 unspecified atom stereocenters. The lowest BCUT2D eigenvalue weighted by molar-refractivity contribution is -0.115. The number of methoxy groups -OCH3 is 2. The summed E-state index contributed by atoms with van der Waals surface area (Å²) in [5, 5.41) is 11.2. The third kappa shape index (κ3) is 4.87. The van der Waals surface area contributed by atoms with E-state index in [0.29, 0.717) is 23.2 Å². The van der Waals surface area contributed by atoms with E-state index in [1.54, 1.807) is 32.4 Å². The van der Waals surface area contributed by atoms with Crippen LogP contribution in [0.25, 0.3) is 0 Å². The summed E-state index contributed by atoms with van der Waals surface area (Å²) < 4.78 is 10.5. The highest BCUT2D eigenvalue weighted by atomic mass is 16.5. The topological polar surface area (TPSA) is 76.6 Å². The minimum Gasteiger partial charge on any atom is -0.493 e. The van der Waals surface area contributed by atoms with Crippen molar-refractivity contribution in [2.45, 2.75) is 26.2 Å². The molecule has 1 saturated heterocycles. The van der Waals surface area contributed by atoms with Crippen LogP contribution in [0.2, 0.25) is 0 Å². The Morgan fingerprint density at radius 1 is 1.19 bits per heavy atom. The van der Waals surface area contributed by atoms with Gasteiger partial charge in [0, 0.05) is 13.1 Å². The average molecular weight is 370 g/mol. The molecular formula is C20H26N4O3. The van der Waals surface area contributed by atoms with Gasteiger partial charge in [0.15, 0.2) is 23.1 Å². The van der Waals surface area contributed by atoms with E-state index in [1.807, 2.05) is 12.1 Å². The van der Waals surface area contributed by atoms with Gasteiger partial charge < -0.3 is 19.7 Å². The molecule has 1 aliphatic rings. The number of benzene rings is 1. The van der Waals surface area contributed by atoms with Crippen LogP contribution >= 0.6 is 0 Å². The van der Waals surface area contributed by atoms with Crippen LogP contribution in [0.4, 0.5) is 11.6 Å². The Morgan fingerprint density at radius 2 is 2.00 bits per heavy atom. The van der Waals surface area contributed by atoms with Crippen molar-refractivity contribution in [1.29, 1.82) is 0 Å². The van der Waals surface area contributed by atoms with Crippen molar-refractivity contribution in [2.24, 2.45) is 5.92 Å². The number of hydrogen-bond donors (Lipinski definition) is 1. The molecular weight excluding hydrogens is 344 g/mol. The lowest BCUT2D eigenvalue weighted by Gasteiger charge is -2.31. The van der Waals surface area contributed by atoms with Gasteiger partial charge in [-0.2, -0.15) is 0 Å². The lowest BCUT2D eigenvalue weighted by Crippen LogP contribution is -2.34. The number of hydrogen-bond acceptors (Lipinski definition) is 6. The molecule has 2 aromatic rings. The molecule has 2 heterocycles. The predicted octanol–water partition coefficient (Wildman–Crippen LogP) is 2.91. The number of carbonyl (C=O) groups excluding carboxylic acids is 1. The number of anilines is 2. The summed E-state index contributed by atoms with van der Waals surface area (Å²) >= 11 is 0. The summed E-state index contributed by atoms with van der Waals surface area (Å²) in [4.78, 5) is 14.6. The molecule has 0 saturated carbocycles. The third-order valence-corrected chi connectivity index (χ3v) is 4.71. The van der Waals surface area contributed by atoms with Crippen molar-refractivity contribution in [2.75, 3.05) is 37.5 Å². The highest BCUT2D eigenvalue weighted by Crippen LogP contribution is 2.27. The smallest absolute Gasteiger partial charge is 0.229 e. The first-order valence-corrected chi connectivity index (χ1v) is 9.18. The van der Waals surface area contributed by atoms with Gasteiger partial charge >= 0.3 is 0 Å². The molecule has 1 atom stereocenters. The van der Waals surface area contributed by atoms with Crippen LogP contribution in [-0.2, 0) is 11.2 Å². The molecule has 1 aromatic carbocycles. The van der Waals surface area contributed by atoms with Gasteiger partial charge in [0.25, 0.3) is 0 Å². The zero-order valence-corrected chi connectivity index (χ0v) is 16.1. The Hall–Kier alpha value is -2.83. The Bertz CT molecular complexity index is 779. The molecule has 3 rings (SSSR count). The number of rotatable bonds is 6. The number of piperidine rings is 1. The quantitative estimate of drug-likeness (QED) is 0.843. The van der Waals surface area contributed by atoms with Crippen molar-refractivity contribution in [3.63, 3.8) is 0 Å². The zero-order chi connectivity index (χ0) is 19.2. The van der Waals surface area contributed by atoms with Crippen LogP contribution in [0.15, 0.2) is 30.3 Å². The number of amides is 1. The molecule has 1 aliphatic heterocycles. The Balaban J connectivity index is 1.59. The van der Waals surface area contributed by atoms with Gasteiger partial charge in [-0.1, -0.05) is 13.0 Å². The van der Waals surface area contributed by atoms with Gasteiger partial charge in [-0.3, -0.25) is 4.79 Å². The summed E-state index contributed by atoms with van der Waals surface area (Å²) in [6.07, 6.45) is 2.65. The first-order valence-electron chi connectivity index (χ1n) is 9.18. The number of aromatic nitrogens is 2. The van der Waals surface area contributed by atoms with Crippen LogP contribution in [0.3, 0.4) is 0 Å². The third-order valence-electron chi connectivity index (χ3n) is 4.71. The van der Waals surface area contributed by atoms with Gasteiger partial charge in [0.1, 0.15) is 0 Å². The highest BCUT2D eigenvalue weighted by molar-refractivity contribution is 5.91. The molecule has 1 fully saturated rings. The van der Waals surface area contributed by atoms with Gasteiger partial charge in [-0.05, 0) is 48.6 Å². The van der Waals surface area contributed by atoms with E-state index in [9.17, 15) is 4.79 Å². The molecule has 7 heteroatoms. The summed E-state index contributed by atoms with van der Waals surface area (Å²) in [5.74, 6) is 3.06. The summed E-state index contributed by atoms with van der Waals surface area (Å²) in [6, 6.07) is 9.14. The van der Waals surface area contributed by atoms with Crippen LogP contribution in [0, 0.1) is 5.92 Å². The van der Waals surface area contributed by atoms with Crippen LogP contribution in [0.1, 0.15) is 25.3 Å². The maximum Gasteiger partial charge on any atom is 0.229 e. The molecule has 0 spiro atoms. The highest BCUT2D eigenvalue weighted by Gasteiger charge is 2.18. The Labute approximate surface area is 159 Å². The fraction of sp³-hybridized carbons (Fsp3) is 0.450. The van der Waals surface area contributed by atoms with Crippen molar-refractivity contribution < 1.29 is 14.3 Å². The SMILES string of the molecule is COc1ccc(CC(=O)Nc2ccc(N3CCCC(C)C3)nn2)cc1OC. The van der Waals surface area contributed by atoms with Crippen LogP contribution < -0.4 is 19.7 Å². The van der Waals surface area contributed by atoms with Crippen molar-refractivity contribution in [3.8, 4) is 11.5 Å². The fourth-order valence-corrected chi connectivity index (χ4v) is 3.32. The van der Waals surface area contributed by atoms with Crippen molar-refractivity contribution in [1.82, 2.24) is 10.2 Å². The largest absolute Gasteiger partial charge is 0.493 e. The second kappa shape index (κ2) is 8.70. The van der Waals surface area contributed by atoms with Gasteiger partial charge in [-0.15, -0.1) is 10.2 Å². The summed E-state index contributed by atoms with van der Waals surface area (Å²) in [5.41, 5.74) is 0.831. The van der Waals surface area contributed by atoms with E-state index in [4.69, 9.17) is 9.47 Å². The summed E-state index contributed by atoms with van der Waals surface area (Å²) in [6.45, 7) is 4.26. The molecule has 1 aromatic heterocycles. The molecule has 144 valence electrons. The Morgan fingerprint density at radius 3 is 2.67 bits per heavy atom. The Kier molecular flexibility index (Phi) is 6.11. The normalized spacial score (nSPS) is 16.7. The van der Waals surface area contributed by atoms with Gasteiger partial charge in [0.05, 0.1) is 20.6 Å². The predicted molar refractivity (Wildman–Crippen MR) is 105 cm³/mol. The molecule has 1 amide bonds. The fourth-order valence-electron chi connectivity index (χ4n) is 3.32. The lowest BCUT2D eigenvalue weighted by atomic mass is 10.0. The maximum absolute atomic E-state index is 12.3. The summed E-state index contributed by atoms with van der Waals surface area (Å²) in [7, 11) is 3.15. The van der Waals surface area contributed by atoms with E-state index in [-0.39, 0.29) is 12.3 Å². The van der Waals surface area contributed by atoms with E-state index >= 15 is 0 Å². The molecule has 1 N–H and O–H groups in total. The molecule has 0 aliphatic carbocycles. The number of nitrogens with zero attached hydrogens (tertiary/aromatic N) is 3. The number of carbonyl (C=O) groups is 1. The number of nitrogens with one attached hydrogen (secondary N) is 1. The van der Waals surface area contributed by atoms with E-state index < -0.39 is 0 Å². The second-order valence-electron chi connectivity index (χ2n) is 6.88. The monoisotopic (exact) mass is 370 g/mol. The molecule has 7 nitrogen and oxygen atoms in total. The maximum atomic E-state index is 12.3. The molecule has 0 radical (unpaired) electrons. The minimum absolute atomic E-state index is 0.157. The molecule has 27 heavy (non-hydrogen) atoms. The van der Waals surface area contributed by atoms with Gasteiger partial charge in [0.2, 0.25) is 5.91 Å². The standard InChI is InChI=1S/C20H26N4O3/c1-14-5-4-10-24(13-14)19-9-8-18(22-23-19)21-20(25)12-15-6-7-16(26-2)17(11-15)27-3/h6-9,11,14H,4-5,10,12-13H2,1-3H3,(H,21,22,25). The zero-order valence-electron chi connectivity index (χ0n) is 16.1. The van der Waals surface area contributed by atoms with Crippen LogP contribution in [0.5, 0.6) is 11.5 Å². The van der Waals surface area contributed by atoms with Gasteiger partial charge in [-0.25, -0.2) is 0 Å². The second-order valence-corrected chi connectivity index (χ2v) is 6.88. The van der Waals surface area contributed by atoms with Crippen molar-refractivity contribution >= 4 is 17.5 Å². The number of ether oxygens (including phenoxy) is 2. The van der Waals surface area contributed by atoms with Crippen LogP contribution in [-0.4, -0.2) is 43.4 Å². The first kappa shape index (κ1) is 18.9. The van der Waals surface area contributed by atoms with E-state index in [2.05, 4.69) is 27.3 Å². The van der Waals surface area contributed by atoms with Crippen molar-refractivity contribution in [3.05, 3.63) is 35.9 Å². The molecule has 0 bridgehead atoms. The minimum atomic E-state index is -0.157. The van der Waals surface area contributed by atoms with E-state index in [1.165, 1.54) is 12.8 Å². The first-order chi connectivity index (χ1) is 13.1.